The van der Waals surface area contributed by atoms with Crippen LogP contribution in [0.25, 0.3) is 0 Å². The van der Waals surface area contributed by atoms with Crippen LogP contribution in [0, 0.1) is 0 Å². The minimum Gasteiger partial charge on any atom is -0.378 e. The molecule has 0 aromatic heterocycles. The van der Waals surface area contributed by atoms with Gasteiger partial charge in [0.25, 0.3) is 0 Å². The molecule has 0 aromatic carbocycles. The molecule has 0 aromatic rings. The molecule has 0 bridgehead atoms. The number of ketones is 1. The van der Waals surface area contributed by atoms with Crippen LogP contribution in [0.1, 0.15) is 34.6 Å². The highest BCUT2D eigenvalue weighted by molar-refractivity contribution is 5.76. The zero-order valence-electron chi connectivity index (χ0n) is 11.3. The summed E-state index contributed by atoms with van der Waals surface area (Å²) in [6, 6.07) is 0.493. The third-order valence-corrected chi connectivity index (χ3v) is 1.48. The summed E-state index contributed by atoms with van der Waals surface area (Å²) in [6.07, 6.45) is 0. The van der Waals surface area contributed by atoms with Gasteiger partial charge in [-0.3, -0.25) is 4.79 Å². The Morgan fingerprint density at radius 1 is 1.12 bits per heavy atom. The maximum atomic E-state index is 10.5. The third-order valence-electron chi connectivity index (χ3n) is 1.48. The van der Waals surface area contributed by atoms with Crippen LogP contribution in [0.2, 0.25) is 0 Å². The number of carbonyl (C=O) groups excluding carboxylic acids is 1. The maximum Gasteiger partial charge on any atom is 0.155 e. The van der Waals surface area contributed by atoms with Crippen molar-refractivity contribution in [3.63, 3.8) is 0 Å². The van der Waals surface area contributed by atoms with Gasteiger partial charge in [-0.1, -0.05) is 27.7 Å². The predicted molar refractivity (Wildman–Crippen MR) is 66.8 cm³/mol. The van der Waals surface area contributed by atoms with Crippen LogP contribution in [0.15, 0.2) is 0 Å². The van der Waals surface area contributed by atoms with Crippen molar-refractivity contribution in [1.82, 2.24) is 5.32 Å². The van der Waals surface area contributed by atoms with E-state index in [2.05, 4.69) is 19.2 Å². The quantitative estimate of drug-likeness (QED) is 0.615. The van der Waals surface area contributed by atoms with Gasteiger partial charge in [-0.05, 0) is 6.92 Å². The first-order chi connectivity index (χ1) is 7.63. The first-order valence-corrected chi connectivity index (χ1v) is 6.01. The summed E-state index contributed by atoms with van der Waals surface area (Å²) in [4.78, 5) is 10.5. The van der Waals surface area contributed by atoms with E-state index in [1.165, 1.54) is 6.92 Å². The Labute approximate surface area is 99.7 Å². The smallest absolute Gasteiger partial charge is 0.155 e. The van der Waals surface area contributed by atoms with Gasteiger partial charge in [0.05, 0.1) is 19.8 Å². The second-order valence-corrected chi connectivity index (χ2v) is 3.48. The van der Waals surface area contributed by atoms with Crippen molar-refractivity contribution in [2.75, 3.05) is 33.0 Å². The van der Waals surface area contributed by atoms with Crippen molar-refractivity contribution in [3.05, 3.63) is 0 Å². The highest BCUT2D eigenvalue weighted by Gasteiger charge is 1.94. The number of nitrogens with one attached hydrogen (secondary N) is 1. The first-order valence-electron chi connectivity index (χ1n) is 6.01. The summed E-state index contributed by atoms with van der Waals surface area (Å²) in [6.45, 7) is 12.5. The molecule has 0 aliphatic rings. The Morgan fingerprint density at radius 3 is 2.19 bits per heavy atom. The molecule has 0 amide bonds. The molecular formula is C12H27NO3. The lowest BCUT2D eigenvalue weighted by atomic mass is 10.4. The van der Waals surface area contributed by atoms with Crippen LogP contribution in [-0.2, 0) is 14.3 Å². The number of carbonyl (C=O) groups is 1. The van der Waals surface area contributed by atoms with Gasteiger partial charge in [0.1, 0.15) is 6.61 Å². The topological polar surface area (TPSA) is 47.6 Å². The Hall–Kier alpha value is -0.450. The molecule has 0 atom stereocenters. The fraction of sp³-hybridized carbons (Fsp3) is 0.917. The summed E-state index contributed by atoms with van der Waals surface area (Å²) >= 11 is 0. The van der Waals surface area contributed by atoms with Crippen LogP contribution in [0.4, 0.5) is 0 Å². The molecule has 0 saturated carbocycles. The van der Waals surface area contributed by atoms with E-state index in [4.69, 9.17) is 9.47 Å². The van der Waals surface area contributed by atoms with Crippen LogP contribution in [-0.4, -0.2) is 44.8 Å². The van der Waals surface area contributed by atoms with E-state index < -0.39 is 0 Å². The monoisotopic (exact) mass is 233 g/mol. The van der Waals surface area contributed by atoms with E-state index in [1.807, 2.05) is 13.8 Å². The van der Waals surface area contributed by atoms with E-state index in [0.717, 1.165) is 6.54 Å². The third kappa shape index (κ3) is 19.2. The SMILES string of the molecule is CC.CC(=O)COCCOCCNC(C)C. The van der Waals surface area contributed by atoms with E-state index in [1.54, 1.807) is 0 Å². The summed E-state index contributed by atoms with van der Waals surface area (Å²) in [5.74, 6) is 0.0477. The lowest BCUT2D eigenvalue weighted by molar-refractivity contribution is -0.121. The number of hydrogen-bond acceptors (Lipinski definition) is 4. The van der Waals surface area contributed by atoms with Crippen molar-refractivity contribution in [3.8, 4) is 0 Å². The number of ether oxygens (including phenoxy) is 2. The normalized spacial score (nSPS) is 9.88. The molecule has 0 aliphatic heterocycles. The Bertz CT molecular complexity index is 149. The number of hydrogen-bond donors (Lipinski definition) is 1. The van der Waals surface area contributed by atoms with Gasteiger partial charge in [0.2, 0.25) is 0 Å². The van der Waals surface area contributed by atoms with Gasteiger partial charge >= 0.3 is 0 Å². The van der Waals surface area contributed by atoms with Crippen LogP contribution >= 0.6 is 0 Å². The number of rotatable bonds is 9. The number of Topliss-reactive ketones (excluding diaryl/α,β-unsaturated/α-hetero) is 1. The van der Waals surface area contributed by atoms with Crippen molar-refractivity contribution in [1.29, 1.82) is 0 Å². The summed E-state index contributed by atoms with van der Waals surface area (Å²) < 4.78 is 10.3. The summed E-state index contributed by atoms with van der Waals surface area (Å²) in [7, 11) is 0. The Morgan fingerprint density at radius 2 is 1.69 bits per heavy atom. The highest BCUT2D eigenvalue weighted by atomic mass is 16.5. The zero-order valence-corrected chi connectivity index (χ0v) is 11.3. The highest BCUT2D eigenvalue weighted by Crippen LogP contribution is 1.80. The van der Waals surface area contributed by atoms with Gasteiger partial charge in [-0.15, -0.1) is 0 Å². The molecule has 4 nitrogen and oxygen atoms in total. The van der Waals surface area contributed by atoms with Crippen LogP contribution in [0.3, 0.4) is 0 Å². The molecule has 0 fully saturated rings. The van der Waals surface area contributed by atoms with Crippen molar-refractivity contribution < 1.29 is 14.3 Å². The lowest BCUT2D eigenvalue weighted by Crippen LogP contribution is -2.27. The average molecular weight is 233 g/mol. The average Bonchev–Trinajstić information content (AvgIpc) is 2.24. The molecule has 0 aliphatic carbocycles. The molecule has 4 heteroatoms. The van der Waals surface area contributed by atoms with Crippen LogP contribution in [0.5, 0.6) is 0 Å². The zero-order chi connectivity index (χ0) is 12.8. The molecule has 0 unspecified atom stereocenters. The van der Waals surface area contributed by atoms with Gasteiger partial charge in [-0.25, -0.2) is 0 Å². The second kappa shape index (κ2) is 14.6. The molecule has 98 valence electrons. The Kier molecular flexibility index (Phi) is 16.3. The summed E-state index contributed by atoms with van der Waals surface area (Å²) in [5, 5.41) is 3.23. The largest absolute Gasteiger partial charge is 0.378 e. The minimum absolute atomic E-state index is 0.0477. The molecule has 1 N–H and O–H groups in total. The fourth-order valence-corrected chi connectivity index (χ4v) is 0.856. The molecule has 0 rings (SSSR count). The molecular weight excluding hydrogens is 206 g/mol. The lowest BCUT2D eigenvalue weighted by Gasteiger charge is -2.08. The van der Waals surface area contributed by atoms with E-state index >= 15 is 0 Å². The van der Waals surface area contributed by atoms with Crippen molar-refractivity contribution in [2.24, 2.45) is 0 Å². The molecule has 0 spiro atoms. The van der Waals surface area contributed by atoms with Gasteiger partial charge in [-0.2, -0.15) is 0 Å². The maximum absolute atomic E-state index is 10.5. The van der Waals surface area contributed by atoms with Crippen LogP contribution < -0.4 is 5.32 Å². The first kappa shape index (κ1) is 17.9. The minimum atomic E-state index is 0.0477. The molecule has 16 heavy (non-hydrogen) atoms. The van der Waals surface area contributed by atoms with Gasteiger partial charge in [0.15, 0.2) is 5.78 Å². The van der Waals surface area contributed by atoms with Gasteiger partial charge < -0.3 is 14.8 Å². The van der Waals surface area contributed by atoms with E-state index in [0.29, 0.717) is 25.9 Å². The Balaban J connectivity index is 0. The molecule has 0 radical (unpaired) electrons. The van der Waals surface area contributed by atoms with Gasteiger partial charge in [0, 0.05) is 12.6 Å². The molecule has 0 heterocycles. The van der Waals surface area contributed by atoms with Crippen molar-refractivity contribution in [2.45, 2.75) is 40.7 Å². The van der Waals surface area contributed by atoms with E-state index in [-0.39, 0.29) is 12.4 Å². The molecule has 0 saturated heterocycles. The summed E-state index contributed by atoms with van der Waals surface area (Å²) in [5.41, 5.74) is 0. The van der Waals surface area contributed by atoms with Crippen molar-refractivity contribution >= 4 is 5.78 Å². The standard InChI is InChI=1S/C10H21NO3.C2H6/c1-9(2)11-4-5-13-6-7-14-8-10(3)12;1-2/h9,11H,4-8H2,1-3H3;1-2H3. The van der Waals surface area contributed by atoms with E-state index in [9.17, 15) is 4.79 Å². The second-order valence-electron chi connectivity index (χ2n) is 3.48. The fourth-order valence-electron chi connectivity index (χ4n) is 0.856. The predicted octanol–water partition coefficient (Wildman–Crippen LogP) is 1.63.